The molecule has 1 N–H and O–H groups in total. The van der Waals surface area contributed by atoms with Gasteiger partial charge in [-0.2, -0.15) is 0 Å². The molecule has 208 valence electrons. The van der Waals surface area contributed by atoms with Crippen LogP contribution in [-0.4, -0.2) is 44.3 Å². The fraction of sp³-hybridized carbons (Fsp3) is 0.286. The zero-order chi connectivity index (χ0) is 28.9. The highest BCUT2D eigenvalue weighted by Gasteiger charge is 2.33. The van der Waals surface area contributed by atoms with E-state index < -0.39 is 28.5 Å². The van der Waals surface area contributed by atoms with Gasteiger partial charge in [-0.3, -0.25) is 13.9 Å². The Labute approximate surface area is 244 Å². The Hall–Kier alpha value is -2.78. The van der Waals surface area contributed by atoms with E-state index in [0.29, 0.717) is 27.2 Å². The zero-order valence-electron chi connectivity index (χ0n) is 22.0. The number of carbonyl (C=O) groups is 2. The van der Waals surface area contributed by atoms with Crippen molar-refractivity contribution in [1.29, 1.82) is 0 Å². The van der Waals surface area contributed by atoms with Gasteiger partial charge >= 0.3 is 0 Å². The lowest BCUT2D eigenvalue weighted by atomic mass is 10.1. The summed E-state index contributed by atoms with van der Waals surface area (Å²) < 4.78 is 28.7. The molecule has 1 atom stereocenters. The zero-order valence-corrected chi connectivity index (χ0v) is 25.1. The van der Waals surface area contributed by atoms with E-state index in [9.17, 15) is 18.0 Å². The fourth-order valence-electron chi connectivity index (χ4n) is 3.84. The average molecular weight is 611 g/mol. The first kappa shape index (κ1) is 30.8. The third-order valence-electron chi connectivity index (χ3n) is 6.21. The number of likely N-dealkylation sites (N-methyl/N-ethyl adjacent to an activating group) is 1. The van der Waals surface area contributed by atoms with Crippen molar-refractivity contribution >= 4 is 62.3 Å². The molecule has 0 saturated heterocycles. The van der Waals surface area contributed by atoms with Gasteiger partial charge in [0, 0.05) is 28.2 Å². The Balaban J connectivity index is 2.07. The molecule has 0 aromatic heterocycles. The predicted molar refractivity (Wildman–Crippen MR) is 157 cm³/mol. The molecule has 3 aromatic rings. The standard InChI is InChI=1S/C28H30Cl3N3O4S/c1-5-32-28(36)20(4)33(16-21-9-10-22(29)14-26(21)31)27(35)17-34(23-11-8-19(3)25(30)15-23)39(37,38)24-12-6-18(2)7-13-24/h6-15,20H,5,16-17H2,1-4H3,(H,32,36)/t20-/m1/s1. The molecule has 0 bridgehead atoms. The lowest BCUT2D eigenvalue weighted by Gasteiger charge is -2.32. The molecule has 39 heavy (non-hydrogen) atoms. The van der Waals surface area contributed by atoms with Gasteiger partial charge in [-0.05, 0) is 75.2 Å². The van der Waals surface area contributed by atoms with Crippen LogP contribution in [0.2, 0.25) is 15.1 Å². The Morgan fingerprint density at radius 3 is 2.18 bits per heavy atom. The van der Waals surface area contributed by atoms with E-state index in [1.807, 2.05) is 6.92 Å². The van der Waals surface area contributed by atoms with E-state index in [-0.39, 0.29) is 23.0 Å². The van der Waals surface area contributed by atoms with Gasteiger partial charge in [0.25, 0.3) is 10.0 Å². The molecule has 0 heterocycles. The van der Waals surface area contributed by atoms with Crippen LogP contribution >= 0.6 is 34.8 Å². The number of aryl methyl sites for hydroxylation is 2. The van der Waals surface area contributed by atoms with Gasteiger partial charge < -0.3 is 10.2 Å². The van der Waals surface area contributed by atoms with Crippen molar-refractivity contribution in [2.75, 3.05) is 17.4 Å². The van der Waals surface area contributed by atoms with E-state index in [1.165, 1.54) is 23.1 Å². The second kappa shape index (κ2) is 13.0. The van der Waals surface area contributed by atoms with Crippen LogP contribution in [-0.2, 0) is 26.2 Å². The average Bonchev–Trinajstić information content (AvgIpc) is 2.88. The first-order valence-corrected chi connectivity index (χ1v) is 14.8. The van der Waals surface area contributed by atoms with E-state index in [2.05, 4.69) is 5.32 Å². The molecule has 7 nitrogen and oxygen atoms in total. The van der Waals surface area contributed by atoms with Gasteiger partial charge in [0.2, 0.25) is 11.8 Å². The summed E-state index contributed by atoms with van der Waals surface area (Å²) in [4.78, 5) is 28.0. The van der Waals surface area contributed by atoms with Crippen LogP contribution in [0.5, 0.6) is 0 Å². The summed E-state index contributed by atoms with van der Waals surface area (Å²) in [6.07, 6.45) is 0. The van der Waals surface area contributed by atoms with Crippen molar-refractivity contribution < 1.29 is 18.0 Å². The van der Waals surface area contributed by atoms with Gasteiger partial charge in [0.1, 0.15) is 12.6 Å². The maximum absolute atomic E-state index is 13.9. The molecule has 3 aromatic carbocycles. The summed E-state index contributed by atoms with van der Waals surface area (Å²) in [6.45, 7) is 6.73. The number of benzene rings is 3. The molecule has 0 aliphatic rings. The number of amides is 2. The quantitative estimate of drug-likeness (QED) is 0.305. The largest absolute Gasteiger partial charge is 0.355 e. The molecule has 0 saturated carbocycles. The second-order valence-corrected chi connectivity index (χ2v) is 12.2. The number of anilines is 1. The van der Waals surface area contributed by atoms with Crippen LogP contribution < -0.4 is 9.62 Å². The van der Waals surface area contributed by atoms with Crippen LogP contribution in [0.15, 0.2) is 65.6 Å². The minimum atomic E-state index is -4.19. The highest BCUT2D eigenvalue weighted by atomic mass is 35.5. The number of nitrogens with one attached hydrogen (secondary N) is 1. The lowest BCUT2D eigenvalue weighted by Crippen LogP contribution is -2.51. The van der Waals surface area contributed by atoms with E-state index in [0.717, 1.165) is 15.4 Å². The predicted octanol–water partition coefficient (Wildman–Crippen LogP) is 6.01. The molecule has 0 aliphatic heterocycles. The number of nitrogens with zero attached hydrogens (tertiary/aromatic N) is 2. The van der Waals surface area contributed by atoms with Crippen molar-refractivity contribution in [3.05, 3.63) is 92.4 Å². The monoisotopic (exact) mass is 609 g/mol. The number of sulfonamides is 1. The molecule has 0 aliphatic carbocycles. The Morgan fingerprint density at radius 2 is 1.59 bits per heavy atom. The number of halogens is 3. The van der Waals surface area contributed by atoms with Crippen LogP contribution in [0, 0.1) is 13.8 Å². The third-order valence-corrected chi connectivity index (χ3v) is 8.99. The van der Waals surface area contributed by atoms with Gasteiger partial charge in [-0.25, -0.2) is 8.42 Å². The Bertz CT molecular complexity index is 1460. The summed E-state index contributed by atoms with van der Waals surface area (Å²) in [7, 11) is -4.19. The first-order valence-electron chi connectivity index (χ1n) is 12.2. The third kappa shape index (κ3) is 7.45. The summed E-state index contributed by atoms with van der Waals surface area (Å²) in [5.41, 5.74) is 2.41. The fourth-order valence-corrected chi connectivity index (χ4v) is 5.89. The molecule has 3 rings (SSSR count). The summed E-state index contributed by atoms with van der Waals surface area (Å²) >= 11 is 18.8. The molecular weight excluding hydrogens is 581 g/mol. The molecule has 11 heteroatoms. The minimum absolute atomic E-state index is 0.0154. The number of hydrogen-bond acceptors (Lipinski definition) is 4. The van der Waals surface area contributed by atoms with Crippen molar-refractivity contribution in [3.63, 3.8) is 0 Å². The topological polar surface area (TPSA) is 86.8 Å². The van der Waals surface area contributed by atoms with Gasteiger partial charge in [0.05, 0.1) is 10.6 Å². The van der Waals surface area contributed by atoms with Crippen molar-refractivity contribution in [1.82, 2.24) is 10.2 Å². The molecule has 0 unspecified atom stereocenters. The van der Waals surface area contributed by atoms with Gasteiger partial charge in [-0.1, -0.05) is 64.6 Å². The van der Waals surface area contributed by atoms with E-state index >= 15 is 0 Å². The molecule has 0 fully saturated rings. The van der Waals surface area contributed by atoms with Crippen molar-refractivity contribution in [3.8, 4) is 0 Å². The molecule has 0 radical (unpaired) electrons. The summed E-state index contributed by atoms with van der Waals surface area (Å²) in [5.74, 6) is -0.991. The Kier molecular flexibility index (Phi) is 10.3. The van der Waals surface area contributed by atoms with Gasteiger partial charge in [-0.15, -0.1) is 0 Å². The Morgan fingerprint density at radius 1 is 0.923 bits per heavy atom. The highest BCUT2D eigenvalue weighted by Crippen LogP contribution is 2.29. The van der Waals surface area contributed by atoms with Gasteiger partial charge in [0.15, 0.2) is 0 Å². The first-order chi connectivity index (χ1) is 18.3. The summed E-state index contributed by atoms with van der Waals surface area (Å²) in [6, 6.07) is 15.0. The maximum Gasteiger partial charge on any atom is 0.264 e. The lowest BCUT2D eigenvalue weighted by molar-refractivity contribution is -0.139. The van der Waals surface area contributed by atoms with Crippen LogP contribution in [0.25, 0.3) is 0 Å². The van der Waals surface area contributed by atoms with Crippen molar-refractivity contribution in [2.24, 2.45) is 0 Å². The molecule has 2 amide bonds. The number of hydrogen-bond donors (Lipinski definition) is 1. The second-order valence-electron chi connectivity index (χ2n) is 9.09. The normalized spacial score (nSPS) is 12.1. The molecular formula is C28H30Cl3N3O4S. The van der Waals surface area contributed by atoms with Crippen LogP contribution in [0.1, 0.15) is 30.5 Å². The van der Waals surface area contributed by atoms with Crippen LogP contribution in [0.3, 0.4) is 0 Å². The molecule has 0 spiro atoms. The smallest absolute Gasteiger partial charge is 0.264 e. The highest BCUT2D eigenvalue weighted by molar-refractivity contribution is 7.92. The minimum Gasteiger partial charge on any atom is -0.355 e. The van der Waals surface area contributed by atoms with E-state index in [1.54, 1.807) is 63.2 Å². The van der Waals surface area contributed by atoms with Crippen molar-refractivity contribution in [2.45, 2.75) is 45.2 Å². The van der Waals surface area contributed by atoms with E-state index in [4.69, 9.17) is 34.8 Å². The number of carbonyl (C=O) groups excluding carboxylic acids is 2. The SMILES string of the molecule is CCNC(=O)[C@@H](C)N(Cc1ccc(Cl)cc1Cl)C(=O)CN(c1ccc(C)c(Cl)c1)S(=O)(=O)c1ccc(C)cc1. The van der Waals surface area contributed by atoms with Crippen LogP contribution in [0.4, 0.5) is 5.69 Å². The summed E-state index contributed by atoms with van der Waals surface area (Å²) in [5, 5.41) is 3.80. The maximum atomic E-state index is 13.9. The number of rotatable bonds is 10.